The second-order valence-corrected chi connectivity index (χ2v) is 4.87. The number of aromatic nitrogens is 2. The minimum atomic E-state index is 0.449. The van der Waals surface area contributed by atoms with E-state index in [9.17, 15) is 0 Å². The Morgan fingerprint density at radius 3 is 2.53 bits per heavy atom. The molecule has 0 amide bonds. The van der Waals surface area contributed by atoms with Gasteiger partial charge in [-0.05, 0) is 11.6 Å². The van der Waals surface area contributed by atoms with E-state index in [1.807, 2.05) is 36.4 Å². The van der Waals surface area contributed by atoms with E-state index < -0.39 is 0 Å². The van der Waals surface area contributed by atoms with E-state index in [2.05, 4.69) is 20.4 Å². The number of piperazine rings is 1. The molecule has 0 bridgehead atoms. The highest BCUT2D eigenvalue weighted by Gasteiger charge is 2.14. The molecule has 0 unspecified atom stereocenters. The summed E-state index contributed by atoms with van der Waals surface area (Å²) in [6, 6.07) is 12.1. The zero-order chi connectivity index (χ0) is 13.1. The van der Waals surface area contributed by atoms with Crippen LogP contribution in [0.25, 0.3) is 11.1 Å². The standard InChI is InChI=1S/C14H15ClN4/c15-14-12(11-4-2-1-3-5-11)10-13(17-18-14)19-8-6-16-7-9-19/h1-5,10,16H,6-9H2. The van der Waals surface area contributed by atoms with Gasteiger partial charge in [0.15, 0.2) is 11.0 Å². The van der Waals surface area contributed by atoms with Gasteiger partial charge in [-0.25, -0.2) is 0 Å². The van der Waals surface area contributed by atoms with E-state index in [0.717, 1.165) is 43.1 Å². The van der Waals surface area contributed by atoms with Crippen molar-refractivity contribution in [3.63, 3.8) is 0 Å². The fraction of sp³-hybridized carbons (Fsp3) is 0.286. The molecule has 98 valence electrons. The Bertz CT molecular complexity index is 553. The predicted molar refractivity (Wildman–Crippen MR) is 77.6 cm³/mol. The number of rotatable bonds is 2. The van der Waals surface area contributed by atoms with Gasteiger partial charge in [-0.1, -0.05) is 41.9 Å². The van der Waals surface area contributed by atoms with Gasteiger partial charge in [0.25, 0.3) is 0 Å². The molecule has 0 aliphatic carbocycles. The van der Waals surface area contributed by atoms with Crippen molar-refractivity contribution in [3.8, 4) is 11.1 Å². The van der Waals surface area contributed by atoms with Gasteiger partial charge >= 0.3 is 0 Å². The van der Waals surface area contributed by atoms with Crippen LogP contribution in [0.4, 0.5) is 5.82 Å². The molecule has 3 rings (SSSR count). The Labute approximate surface area is 117 Å². The average Bonchev–Trinajstić information content (AvgIpc) is 2.49. The summed E-state index contributed by atoms with van der Waals surface area (Å²) in [4.78, 5) is 2.23. The summed E-state index contributed by atoms with van der Waals surface area (Å²) in [5.41, 5.74) is 2.00. The third-order valence-electron chi connectivity index (χ3n) is 3.26. The predicted octanol–water partition coefficient (Wildman–Crippen LogP) is 2.21. The Morgan fingerprint density at radius 1 is 1.05 bits per heavy atom. The van der Waals surface area contributed by atoms with Crippen molar-refractivity contribution in [2.45, 2.75) is 0 Å². The van der Waals surface area contributed by atoms with E-state index in [1.165, 1.54) is 0 Å². The summed E-state index contributed by atoms with van der Waals surface area (Å²) in [6.07, 6.45) is 0. The third kappa shape index (κ3) is 2.69. The largest absolute Gasteiger partial charge is 0.353 e. The first-order valence-corrected chi connectivity index (χ1v) is 6.77. The molecule has 19 heavy (non-hydrogen) atoms. The fourth-order valence-corrected chi connectivity index (χ4v) is 2.44. The topological polar surface area (TPSA) is 41.1 Å². The number of hydrogen-bond acceptors (Lipinski definition) is 4. The molecule has 2 aromatic rings. The molecule has 1 aliphatic rings. The molecule has 0 spiro atoms. The fourth-order valence-electron chi connectivity index (χ4n) is 2.24. The molecule has 0 saturated carbocycles. The summed E-state index contributed by atoms with van der Waals surface area (Å²) in [7, 11) is 0. The van der Waals surface area contributed by atoms with E-state index in [-0.39, 0.29) is 0 Å². The van der Waals surface area contributed by atoms with Crippen molar-refractivity contribution in [2.24, 2.45) is 0 Å². The summed E-state index contributed by atoms with van der Waals surface area (Å²) in [5, 5.41) is 12.1. The van der Waals surface area contributed by atoms with Gasteiger partial charge in [0.2, 0.25) is 0 Å². The molecular formula is C14H15ClN4. The van der Waals surface area contributed by atoms with Crippen molar-refractivity contribution in [1.82, 2.24) is 15.5 Å². The molecule has 1 fully saturated rings. The second-order valence-electron chi connectivity index (χ2n) is 4.51. The molecule has 0 radical (unpaired) electrons. The Morgan fingerprint density at radius 2 is 1.79 bits per heavy atom. The number of hydrogen-bond donors (Lipinski definition) is 1. The van der Waals surface area contributed by atoms with Crippen molar-refractivity contribution >= 4 is 17.4 Å². The van der Waals surface area contributed by atoms with Gasteiger partial charge < -0.3 is 10.2 Å². The van der Waals surface area contributed by atoms with Gasteiger partial charge in [0.05, 0.1) is 0 Å². The van der Waals surface area contributed by atoms with Crippen molar-refractivity contribution in [2.75, 3.05) is 31.1 Å². The van der Waals surface area contributed by atoms with E-state index in [4.69, 9.17) is 11.6 Å². The van der Waals surface area contributed by atoms with Gasteiger partial charge in [0.1, 0.15) is 0 Å². The highest BCUT2D eigenvalue weighted by molar-refractivity contribution is 6.32. The Balaban J connectivity index is 1.96. The maximum absolute atomic E-state index is 6.17. The summed E-state index contributed by atoms with van der Waals surface area (Å²) in [6.45, 7) is 3.85. The Hall–Kier alpha value is -1.65. The van der Waals surface area contributed by atoms with Crippen LogP contribution in [0.5, 0.6) is 0 Å². The van der Waals surface area contributed by atoms with Gasteiger partial charge in [-0.3, -0.25) is 0 Å². The molecule has 1 saturated heterocycles. The molecule has 1 N–H and O–H groups in total. The van der Waals surface area contributed by atoms with Crippen molar-refractivity contribution in [3.05, 3.63) is 41.6 Å². The lowest BCUT2D eigenvalue weighted by Gasteiger charge is -2.28. The molecular weight excluding hydrogens is 260 g/mol. The minimum absolute atomic E-state index is 0.449. The van der Waals surface area contributed by atoms with Crippen LogP contribution in [-0.2, 0) is 0 Å². The van der Waals surface area contributed by atoms with Crippen molar-refractivity contribution < 1.29 is 0 Å². The second kappa shape index (κ2) is 5.55. The van der Waals surface area contributed by atoms with Crippen LogP contribution < -0.4 is 10.2 Å². The molecule has 2 heterocycles. The van der Waals surface area contributed by atoms with E-state index in [1.54, 1.807) is 0 Å². The maximum atomic E-state index is 6.17. The third-order valence-corrected chi connectivity index (χ3v) is 3.54. The highest BCUT2D eigenvalue weighted by Crippen LogP contribution is 2.28. The van der Waals surface area contributed by atoms with E-state index in [0.29, 0.717) is 5.15 Å². The molecule has 1 aromatic heterocycles. The zero-order valence-electron chi connectivity index (χ0n) is 10.5. The van der Waals surface area contributed by atoms with Crippen LogP contribution in [0.1, 0.15) is 0 Å². The zero-order valence-corrected chi connectivity index (χ0v) is 11.3. The van der Waals surface area contributed by atoms with Gasteiger partial charge in [-0.15, -0.1) is 10.2 Å². The molecule has 1 aliphatic heterocycles. The van der Waals surface area contributed by atoms with Crippen LogP contribution in [0.2, 0.25) is 5.15 Å². The number of anilines is 1. The minimum Gasteiger partial charge on any atom is -0.353 e. The first-order valence-electron chi connectivity index (χ1n) is 6.39. The molecule has 0 atom stereocenters. The summed E-state index contributed by atoms with van der Waals surface area (Å²) in [5.74, 6) is 0.893. The highest BCUT2D eigenvalue weighted by atomic mass is 35.5. The summed E-state index contributed by atoms with van der Waals surface area (Å²) >= 11 is 6.17. The quantitative estimate of drug-likeness (QED) is 0.912. The van der Waals surface area contributed by atoms with Crippen LogP contribution >= 0.6 is 11.6 Å². The lowest BCUT2D eigenvalue weighted by molar-refractivity contribution is 0.583. The number of nitrogens with zero attached hydrogens (tertiary/aromatic N) is 3. The van der Waals surface area contributed by atoms with Crippen LogP contribution in [0.3, 0.4) is 0 Å². The van der Waals surface area contributed by atoms with Crippen LogP contribution in [0, 0.1) is 0 Å². The summed E-state index contributed by atoms with van der Waals surface area (Å²) < 4.78 is 0. The van der Waals surface area contributed by atoms with Crippen LogP contribution in [0.15, 0.2) is 36.4 Å². The number of halogens is 1. The van der Waals surface area contributed by atoms with Gasteiger partial charge in [0, 0.05) is 31.7 Å². The normalized spacial score (nSPS) is 15.5. The molecule has 5 heteroatoms. The first-order chi connectivity index (χ1) is 9.34. The number of benzene rings is 1. The van der Waals surface area contributed by atoms with Crippen molar-refractivity contribution in [1.29, 1.82) is 0 Å². The number of nitrogens with one attached hydrogen (secondary N) is 1. The lowest BCUT2D eigenvalue weighted by atomic mass is 10.1. The first kappa shape index (κ1) is 12.4. The average molecular weight is 275 g/mol. The lowest BCUT2D eigenvalue weighted by Crippen LogP contribution is -2.44. The smallest absolute Gasteiger partial charge is 0.159 e. The molecule has 1 aromatic carbocycles. The van der Waals surface area contributed by atoms with E-state index >= 15 is 0 Å². The molecule has 4 nitrogen and oxygen atoms in total. The SMILES string of the molecule is Clc1nnc(N2CCNCC2)cc1-c1ccccc1. The van der Waals surface area contributed by atoms with Crippen LogP contribution in [-0.4, -0.2) is 36.4 Å². The van der Waals surface area contributed by atoms with Gasteiger partial charge in [-0.2, -0.15) is 0 Å². The Kier molecular flexibility index (Phi) is 3.62. The maximum Gasteiger partial charge on any atom is 0.159 e. The monoisotopic (exact) mass is 274 g/mol.